The second kappa shape index (κ2) is 3.68. The molecular weight excluding hydrogens is 180 g/mol. The Hall–Kier alpha value is -0.880. The van der Waals surface area contributed by atoms with Crippen LogP contribution in [0.1, 0.15) is 12.7 Å². The minimum atomic E-state index is -3.13. The summed E-state index contributed by atoms with van der Waals surface area (Å²) in [5.74, 6) is 0.577. The number of nitrogens with one attached hydrogen (secondary N) is 1. The lowest BCUT2D eigenvalue weighted by Crippen LogP contribution is -2.24. The van der Waals surface area contributed by atoms with Gasteiger partial charge >= 0.3 is 0 Å². The van der Waals surface area contributed by atoms with E-state index in [2.05, 4.69) is 9.88 Å². The van der Waals surface area contributed by atoms with Crippen molar-refractivity contribution in [2.24, 2.45) is 0 Å². The summed E-state index contributed by atoms with van der Waals surface area (Å²) >= 11 is 0. The molecule has 0 saturated heterocycles. The van der Waals surface area contributed by atoms with Crippen molar-refractivity contribution in [3.8, 4) is 0 Å². The summed E-state index contributed by atoms with van der Waals surface area (Å²) in [6.45, 7) is 1.74. The van der Waals surface area contributed by atoms with E-state index in [4.69, 9.17) is 4.52 Å². The maximum absolute atomic E-state index is 10.9. The van der Waals surface area contributed by atoms with Gasteiger partial charge in [0, 0.05) is 6.07 Å². The highest BCUT2D eigenvalue weighted by molar-refractivity contribution is 7.89. The summed E-state index contributed by atoms with van der Waals surface area (Å²) in [5, 5.41) is 3.44. The molecule has 0 aromatic carbocycles. The van der Waals surface area contributed by atoms with Gasteiger partial charge in [-0.1, -0.05) is 5.16 Å². The van der Waals surface area contributed by atoms with E-state index in [-0.39, 0.29) is 12.3 Å². The lowest BCUT2D eigenvalue weighted by atomic mass is 10.5. The van der Waals surface area contributed by atoms with E-state index in [1.54, 1.807) is 13.0 Å². The molecular formula is C6H10N2O3S. The Balaban J connectivity index is 2.47. The molecule has 0 amide bonds. The first-order valence-electron chi connectivity index (χ1n) is 3.51. The molecule has 0 atom stereocenters. The molecule has 0 fully saturated rings. The summed E-state index contributed by atoms with van der Waals surface area (Å²) < 4.78 is 28.9. The monoisotopic (exact) mass is 190 g/mol. The van der Waals surface area contributed by atoms with E-state index < -0.39 is 10.0 Å². The maximum atomic E-state index is 10.9. The quantitative estimate of drug-likeness (QED) is 0.731. The Kier molecular flexibility index (Phi) is 2.83. The fourth-order valence-corrected chi connectivity index (χ4v) is 1.18. The molecule has 1 aromatic rings. The first-order chi connectivity index (χ1) is 5.64. The van der Waals surface area contributed by atoms with Crippen LogP contribution in [0.2, 0.25) is 0 Å². The van der Waals surface area contributed by atoms with Gasteiger partial charge in [0.15, 0.2) is 5.76 Å². The lowest BCUT2D eigenvalue weighted by Gasteiger charge is -1.99. The highest BCUT2D eigenvalue weighted by atomic mass is 32.2. The van der Waals surface area contributed by atoms with Gasteiger partial charge in [0.05, 0.1) is 18.5 Å². The summed E-state index contributed by atoms with van der Waals surface area (Å²) in [7, 11) is -3.13. The maximum Gasteiger partial charge on any atom is 0.211 e. The van der Waals surface area contributed by atoms with E-state index >= 15 is 0 Å². The molecule has 1 heterocycles. The van der Waals surface area contributed by atoms with Crippen LogP contribution in [0, 0.1) is 0 Å². The number of aromatic nitrogens is 1. The van der Waals surface area contributed by atoms with E-state index in [0.29, 0.717) is 5.76 Å². The second-order valence-electron chi connectivity index (χ2n) is 2.20. The molecule has 0 aliphatic rings. The molecule has 12 heavy (non-hydrogen) atoms. The first kappa shape index (κ1) is 9.21. The van der Waals surface area contributed by atoms with E-state index in [1.807, 2.05) is 0 Å². The third-order valence-electron chi connectivity index (χ3n) is 1.34. The molecule has 1 N–H and O–H groups in total. The van der Waals surface area contributed by atoms with Crippen LogP contribution in [0.15, 0.2) is 16.8 Å². The summed E-state index contributed by atoms with van der Waals surface area (Å²) in [5.41, 5.74) is 0. The van der Waals surface area contributed by atoms with E-state index in [9.17, 15) is 8.42 Å². The molecule has 1 rings (SSSR count). The van der Waals surface area contributed by atoms with Gasteiger partial charge in [-0.3, -0.25) is 0 Å². The van der Waals surface area contributed by atoms with Gasteiger partial charge in [-0.15, -0.1) is 0 Å². The van der Waals surface area contributed by atoms with Crippen LogP contribution >= 0.6 is 0 Å². The number of hydrogen-bond donors (Lipinski definition) is 1. The van der Waals surface area contributed by atoms with Crippen molar-refractivity contribution < 1.29 is 12.9 Å². The van der Waals surface area contributed by atoms with Crippen molar-refractivity contribution in [2.75, 3.05) is 5.75 Å². The third-order valence-corrected chi connectivity index (χ3v) is 2.68. The van der Waals surface area contributed by atoms with E-state index in [1.165, 1.54) is 6.20 Å². The zero-order valence-electron chi connectivity index (χ0n) is 6.65. The zero-order chi connectivity index (χ0) is 9.03. The molecule has 5 nitrogen and oxygen atoms in total. The predicted molar refractivity (Wildman–Crippen MR) is 42.8 cm³/mol. The lowest BCUT2D eigenvalue weighted by molar-refractivity contribution is 0.380. The van der Waals surface area contributed by atoms with Crippen molar-refractivity contribution in [2.45, 2.75) is 13.5 Å². The van der Waals surface area contributed by atoms with Gasteiger partial charge in [-0.05, 0) is 6.92 Å². The number of hydrogen-bond acceptors (Lipinski definition) is 4. The minimum Gasteiger partial charge on any atom is -0.360 e. The number of nitrogens with zero attached hydrogens (tertiary/aromatic N) is 1. The molecule has 0 aliphatic carbocycles. The van der Waals surface area contributed by atoms with Crippen LogP contribution in [0.5, 0.6) is 0 Å². The standard InChI is InChI=1S/C6H10N2O3S/c1-2-12(9,10)8-5-6-3-4-7-11-6/h3-4,8H,2,5H2,1H3. The van der Waals surface area contributed by atoms with Gasteiger partial charge in [-0.2, -0.15) is 0 Å². The van der Waals surface area contributed by atoms with Gasteiger partial charge in [-0.25, -0.2) is 13.1 Å². The molecule has 1 aromatic heterocycles. The van der Waals surface area contributed by atoms with Gasteiger partial charge in [0.25, 0.3) is 0 Å². The topological polar surface area (TPSA) is 72.2 Å². The van der Waals surface area contributed by atoms with Crippen LogP contribution in [0.25, 0.3) is 0 Å². The van der Waals surface area contributed by atoms with Crippen LogP contribution in [0.3, 0.4) is 0 Å². The summed E-state index contributed by atoms with van der Waals surface area (Å²) in [6, 6.07) is 1.61. The molecule has 0 spiro atoms. The van der Waals surface area contributed by atoms with Gasteiger partial charge in [0.2, 0.25) is 10.0 Å². The van der Waals surface area contributed by atoms with Crippen molar-refractivity contribution in [3.05, 3.63) is 18.0 Å². The Bertz CT molecular complexity index is 317. The fourth-order valence-electron chi connectivity index (χ4n) is 0.616. The van der Waals surface area contributed by atoms with Crippen molar-refractivity contribution >= 4 is 10.0 Å². The van der Waals surface area contributed by atoms with Gasteiger partial charge < -0.3 is 4.52 Å². The third kappa shape index (κ3) is 2.63. The van der Waals surface area contributed by atoms with Crippen molar-refractivity contribution in [1.29, 1.82) is 0 Å². The summed E-state index contributed by atoms with van der Waals surface area (Å²) in [6.07, 6.45) is 1.47. The van der Waals surface area contributed by atoms with Crippen LogP contribution in [-0.2, 0) is 16.6 Å². The van der Waals surface area contributed by atoms with Crippen LogP contribution in [0.4, 0.5) is 0 Å². The predicted octanol–water partition coefficient (Wildman–Crippen LogP) is 0.114. The number of sulfonamides is 1. The highest BCUT2D eigenvalue weighted by Crippen LogP contribution is 1.96. The fraction of sp³-hybridized carbons (Fsp3) is 0.500. The number of rotatable bonds is 4. The average molecular weight is 190 g/mol. The molecule has 68 valence electrons. The molecule has 0 bridgehead atoms. The minimum absolute atomic E-state index is 0.0706. The molecule has 0 aliphatic heterocycles. The first-order valence-corrected chi connectivity index (χ1v) is 5.16. The smallest absolute Gasteiger partial charge is 0.211 e. The molecule has 0 unspecified atom stereocenters. The highest BCUT2D eigenvalue weighted by Gasteiger charge is 2.06. The van der Waals surface area contributed by atoms with Crippen molar-refractivity contribution in [1.82, 2.24) is 9.88 Å². The Labute approximate surface area is 70.8 Å². The SMILES string of the molecule is CCS(=O)(=O)NCc1ccno1. The van der Waals surface area contributed by atoms with Crippen molar-refractivity contribution in [3.63, 3.8) is 0 Å². The average Bonchev–Trinajstić information content (AvgIpc) is 2.53. The Morgan fingerprint density at radius 2 is 2.42 bits per heavy atom. The Morgan fingerprint density at radius 1 is 1.67 bits per heavy atom. The van der Waals surface area contributed by atoms with Crippen LogP contribution in [-0.4, -0.2) is 19.3 Å². The Morgan fingerprint density at radius 3 is 2.92 bits per heavy atom. The zero-order valence-corrected chi connectivity index (χ0v) is 7.47. The summed E-state index contributed by atoms with van der Waals surface area (Å²) in [4.78, 5) is 0. The second-order valence-corrected chi connectivity index (χ2v) is 4.30. The van der Waals surface area contributed by atoms with Crippen LogP contribution < -0.4 is 4.72 Å². The normalized spacial score (nSPS) is 11.8. The van der Waals surface area contributed by atoms with Gasteiger partial charge in [0.1, 0.15) is 0 Å². The largest absolute Gasteiger partial charge is 0.360 e. The van der Waals surface area contributed by atoms with E-state index in [0.717, 1.165) is 0 Å². The molecule has 6 heteroatoms. The molecule has 0 radical (unpaired) electrons. The molecule has 0 saturated carbocycles.